The van der Waals surface area contributed by atoms with E-state index < -0.39 is 0 Å². The average Bonchev–Trinajstić information content (AvgIpc) is 1.69. The Labute approximate surface area is 45.9 Å². The van der Waals surface area contributed by atoms with Crippen molar-refractivity contribution in [3.63, 3.8) is 0 Å². The first-order chi connectivity index (χ1) is 3.41. The maximum Gasteiger partial charge on any atom is 0.0120 e. The second-order valence-electron chi connectivity index (χ2n) is 1.33. The lowest BCUT2D eigenvalue weighted by atomic mass is 10.3. The molecule has 0 aromatic rings. The highest BCUT2D eigenvalue weighted by atomic mass is 13.8. The molecule has 0 N–H and O–H groups in total. The minimum absolute atomic E-state index is 0.951. The molecule has 0 aliphatic heterocycles. The fourth-order valence-electron chi connectivity index (χ4n) is 0.319. The van der Waals surface area contributed by atoms with Crippen molar-refractivity contribution in [3.05, 3.63) is 6.42 Å². The monoisotopic (exact) mass is 95.1 g/mol. The first-order valence-corrected chi connectivity index (χ1v) is 2.63. The van der Waals surface area contributed by atoms with Crippen molar-refractivity contribution in [1.29, 1.82) is 0 Å². The van der Waals surface area contributed by atoms with Gasteiger partial charge in [-0.25, -0.2) is 0 Å². The Morgan fingerprint density at radius 1 is 1.57 bits per heavy atom. The molecule has 0 fully saturated rings. The van der Waals surface area contributed by atoms with E-state index in [1.807, 2.05) is 6.92 Å². The summed E-state index contributed by atoms with van der Waals surface area (Å²) in [5, 5.41) is 0. The van der Waals surface area contributed by atoms with Crippen LogP contribution < -0.4 is 0 Å². The predicted molar refractivity (Wildman–Crippen MR) is 32.7 cm³/mol. The normalized spacial score (nSPS) is 7.14. The molecule has 0 heteroatoms. The summed E-state index contributed by atoms with van der Waals surface area (Å²) in [5.41, 5.74) is 0. The van der Waals surface area contributed by atoms with E-state index in [1.165, 1.54) is 0 Å². The molecule has 0 aromatic carbocycles. The van der Waals surface area contributed by atoms with Gasteiger partial charge >= 0.3 is 0 Å². The Hall–Kier alpha value is -0.440. The molecule has 0 aliphatic carbocycles. The fraction of sp³-hybridized carbons (Fsp3) is 0.571. The summed E-state index contributed by atoms with van der Waals surface area (Å²) in [4.78, 5) is 0. The molecule has 0 nitrogen and oxygen atoms in total. The Morgan fingerprint density at radius 2 is 2.29 bits per heavy atom. The number of unbranched alkanes of at least 4 members (excludes halogenated alkanes) is 2. The molecule has 0 unspecified atom stereocenters. The third kappa shape index (κ3) is 5.56. The molecule has 0 spiro atoms. The van der Waals surface area contributed by atoms with Gasteiger partial charge in [0, 0.05) is 6.42 Å². The topological polar surface area (TPSA) is 0 Å². The van der Waals surface area contributed by atoms with Crippen molar-refractivity contribution in [2.24, 2.45) is 0 Å². The van der Waals surface area contributed by atoms with Gasteiger partial charge in [-0.1, -0.05) is 13.3 Å². The minimum atomic E-state index is 0.951. The summed E-state index contributed by atoms with van der Waals surface area (Å²) in [6, 6.07) is 0. The van der Waals surface area contributed by atoms with Crippen LogP contribution in [0.4, 0.5) is 0 Å². The predicted octanol–water partition coefficient (Wildman–Crippen LogP) is 2.01. The van der Waals surface area contributed by atoms with Crippen LogP contribution in [0.25, 0.3) is 0 Å². The van der Waals surface area contributed by atoms with Gasteiger partial charge in [-0.2, -0.15) is 0 Å². The highest BCUT2D eigenvalue weighted by molar-refractivity contribution is 4.98. The van der Waals surface area contributed by atoms with E-state index in [2.05, 4.69) is 25.2 Å². The standard InChI is InChI=1S/C7H11/c1-3-5-7-6-4-2/h5H,3,7H2,1-2H3. The van der Waals surface area contributed by atoms with Crippen LogP contribution in [-0.2, 0) is 0 Å². The molecule has 0 saturated heterocycles. The summed E-state index contributed by atoms with van der Waals surface area (Å²) >= 11 is 0. The molecule has 0 amide bonds. The zero-order valence-corrected chi connectivity index (χ0v) is 4.99. The molecule has 7 heavy (non-hydrogen) atoms. The second-order valence-corrected chi connectivity index (χ2v) is 1.33. The van der Waals surface area contributed by atoms with Gasteiger partial charge in [0.25, 0.3) is 0 Å². The van der Waals surface area contributed by atoms with Crippen LogP contribution in [-0.4, -0.2) is 0 Å². The average molecular weight is 95.2 g/mol. The van der Waals surface area contributed by atoms with Gasteiger partial charge in [-0.15, -0.1) is 11.8 Å². The summed E-state index contributed by atoms with van der Waals surface area (Å²) in [5.74, 6) is 5.76. The second kappa shape index (κ2) is 5.56. The van der Waals surface area contributed by atoms with E-state index in [0.29, 0.717) is 0 Å². The van der Waals surface area contributed by atoms with Crippen LogP contribution in [0.3, 0.4) is 0 Å². The molecule has 0 heterocycles. The van der Waals surface area contributed by atoms with E-state index in [-0.39, 0.29) is 0 Å². The summed E-state index contributed by atoms with van der Waals surface area (Å²) in [7, 11) is 0. The lowest BCUT2D eigenvalue weighted by Gasteiger charge is -1.80. The number of hydrogen-bond donors (Lipinski definition) is 0. The van der Waals surface area contributed by atoms with Crippen LogP contribution >= 0.6 is 0 Å². The van der Waals surface area contributed by atoms with Gasteiger partial charge in [-0.05, 0) is 13.3 Å². The van der Waals surface area contributed by atoms with E-state index in [1.54, 1.807) is 0 Å². The third-order valence-corrected chi connectivity index (χ3v) is 0.712. The van der Waals surface area contributed by atoms with Gasteiger partial charge in [-0.3, -0.25) is 0 Å². The lowest BCUT2D eigenvalue weighted by Crippen LogP contribution is -1.66. The molecule has 0 saturated carbocycles. The molecular formula is C7H11. The Balaban J connectivity index is 2.78. The molecule has 0 rings (SSSR count). The van der Waals surface area contributed by atoms with Crippen LogP contribution in [0.15, 0.2) is 0 Å². The highest BCUT2D eigenvalue weighted by Crippen LogP contribution is 1.87. The van der Waals surface area contributed by atoms with Gasteiger partial charge in [0.05, 0.1) is 0 Å². The lowest BCUT2D eigenvalue weighted by molar-refractivity contribution is 1.04. The van der Waals surface area contributed by atoms with E-state index in [9.17, 15) is 0 Å². The van der Waals surface area contributed by atoms with Crippen molar-refractivity contribution in [3.8, 4) is 11.8 Å². The first kappa shape index (κ1) is 6.56. The number of rotatable bonds is 2. The molecule has 1 radical (unpaired) electrons. The summed E-state index contributed by atoms with van der Waals surface area (Å²) < 4.78 is 0. The molecule has 0 aliphatic rings. The summed E-state index contributed by atoms with van der Waals surface area (Å²) in [6.45, 7) is 3.99. The third-order valence-electron chi connectivity index (χ3n) is 0.712. The van der Waals surface area contributed by atoms with E-state index in [0.717, 1.165) is 12.8 Å². The van der Waals surface area contributed by atoms with Crippen LogP contribution in [0.2, 0.25) is 0 Å². The first-order valence-electron chi connectivity index (χ1n) is 2.63. The largest absolute Gasteiger partial charge is 0.107 e. The van der Waals surface area contributed by atoms with Crippen molar-refractivity contribution in [1.82, 2.24) is 0 Å². The van der Waals surface area contributed by atoms with Crippen LogP contribution in [0.5, 0.6) is 0 Å². The van der Waals surface area contributed by atoms with Crippen molar-refractivity contribution < 1.29 is 0 Å². The van der Waals surface area contributed by atoms with E-state index >= 15 is 0 Å². The Bertz CT molecular complexity index is 71.8. The van der Waals surface area contributed by atoms with Gasteiger partial charge in [0.2, 0.25) is 0 Å². The van der Waals surface area contributed by atoms with Crippen LogP contribution in [0, 0.1) is 18.3 Å². The SMILES string of the molecule is CC#CC[CH]CC. The molecule has 0 bridgehead atoms. The van der Waals surface area contributed by atoms with Gasteiger partial charge in [0.1, 0.15) is 0 Å². The Morgan fingerprint density at radius 3 is 2.71 bits per heavy atom. The Kier molecular flexibility index (Phi) is 5.21. The summed E-state index contributed by atoms with van der Waals surface area (Å²) in [6.07, 6.45) is 4.25. The van der Waals surface area contributed by atoms with Gasteiger partial charge in [0.15, 0.2) is 0 Å². The smallest absolute Gasteiger partial charge is 0.0120 e. The maximum absolute atomic E-state index is 2.94. The molecule has 39 valence electrons. The number of hydrogen-bond acceptors (Lipinski definition) is 0. The van der Waals surface area contributed by atoms with Crippen molar-refractivity contribution in [2.45, 2.75) is 26.7 Å². The molecule has 0 aromatic heterocycles. The molecule has 0 atom stereocenters. The quantitative estimate of drug-likeness (QED) is 0.363. The van der Waals surface area contributed by atoms with Crippen LogP contribution in [0.1, 0.15) is 26.7 Å². The van der Waals surface area contributed by atoms with Crippen molar-refractivity contribution >= 4 is 0 Å². The minimum Gasteiger partial charge on any atom is -0.107 e. The van der Waals surface area contributed by atoms with E-state index in [4.69, 9.17) is 0 Å². The zero-order chi connectivity index (χ0) is 5.54. The zero-order valence-electron chi connectivity index (χ0n) is 4.99. The maximum atomic E-state index is 2.94. The van der Waals surface area contributed by atoms with Crippen molar-refractivity contribution in [2.75, 3.05) is 0 Å². The van der Waals surface area contributed by atoms with Gasteiger partial charge < -0.3 is 0 Å². The highest BCUT2D eigenvalue weighted by Gasteiger charge is 1.73. The fourth-order valence-corrected chi connectivity index (χ4v) is 0.319. The molecular weight excluding hydrogens is 84.1 g/mol.